The van der Waals surface area contributed by atoms with Gasteiger partial charge in [0.05, 0.1) is 0 Å². The second-order valence-electron chi connectivity index (χ2n) is 19.6. The Labute approximate surface area is 368 Å². The average Bonchev–Trinajstić information content (AvgIpc) is 3.19. The lowest BCUT2D eigenvalue weighted by Gasteiger charge is -2.18. The summed E-state index contributed by atoms with van der Waals surface area (Å²) in [6.45, 7) is 13.7. The molecule has 0 aliphatic rings. The summed E-state index contributed by atoms with van der Waals surface area (Å²) in [5, 5.41) is 0. The van der Waals surface area contributed by atoms with Gasteiger partial charge in [-0.1, -0.05) is 247 Å². The number of rotatable bonds is 46. The maximum absolute atomic E-state index is 12.8. The van der Waals surface area contributed by atoms with Crippen LogP contribution in [0, 0.1) is 17.8 Å². The maximum Gasteiger partial charge on any atom is 0.306 e. The predicted octanol–water partition coefficient (Wildman–Crippen LogP) is 16.8. The normalized spacial score (nSPS) is 12.2. The Bertz CT molecular complexity index is 914. The summed E-state index contributed by atoms with van der Waals surface area (Å²) in [6.07, 6.45) is 43.8. The SMILES string of the molecule is CC(C)CCCCCCCCCCCCCCCC(=O)OC[C@H](COC(=O)CCCCCCCCCCCCCC(C)C)OC(=O)CCCCCCCCCCC(C)C. The van der Waals surface area contributed by atoms with Crippen LogP contribution in [0.5, 0.6) is 0 Å². The van der Waals surface area contributed by atoms with Crippen molar-refractivity contribution in [1.82, 2.24) is 0 Å². The van der Waals surface area contributed by atoms with Gasteiger partial charge in [0.1, 0.15) is 13.2 Å². The van der Waals surface area contributed by atoms with Crippen molar-refractivity contribution in [3.05, 3.63) is 0 Å². The number of carbonyl (C=O) groups is 3. The Kier molecular flexibility index (Phi) is 43.3. The van der Waals surface area contributed by atoms with E-state index in [2.05, 4.69) is 41.5 Å². The highest BCUT2D eigenvalue weighted by Gasteiger charge is 2.19. The molecule has 350 valence electrons. The molecular weight excluding hydrogens is 733 g/mol. The van der Waals surface area contributed by atoms with Gasteiger partial charge in [-0.25, -0.2) is 0 Å². The van der Waals surface area contributed by atoms with Crippen LogP contribution in [-0.2, 0) is 28.6 Å². The predicted molar refractivity (Wildman–Crippen MR) is 252 cm³/mol. The summed E-state index contributed by atoms with van der Waals surface area (Å²) in [5.74, 6) is 1.61. The zero-order valence-corrected chi connectivity index (χ0v) is 40.5. The fourth-order valence-electron chi connectivity index (χ4n) is 7.94. The lowest BCUT2D eigenvalue weighted by molar-refractivity contribution is -0.167. The minimum Gasteiger partial charge on any atom is -0.462 e. The van der Waals surface area contributed by atoms with E-state index in [1.807, 2.05) is 0 Å². The van der Waals surface area contributed by atoms with Crippen molar-refractivity contribution in [1.29, 1.82) is 0 Å². The maximum atomic E-state index is 12.8. The molecule has 6 nitrogen and oxygen atoms in total. The van der Waals surface area contributed by atoms with E-state index in [0.29, 0.717) is 19.3 Å². The Hall–Kier alpha value is -1.59. The molecule has 0 aliphatic carbocycles. The number of carbonyl (C=O) groups excluding carboxylic acids is 3. The van der Waals surface area contributed by atoms with E-state index in [0.717, 1.165) is 75.5 Å². The Morgan fingerprint density at radius 2 is 0.492 bits per heavy atom. The second-order valence-corrected chi connectivity index (χ2v) is 19.6. The van der Waals surface area contributed by atoms with Gasteiger partial charge >= 0.3 is 17.9 Å². The average molecular weight is 835 g/mol. The Balaban J connectivity index is 4.29. The van der Waals surface area contributed by atoms with Crippen LogP contribution in [-0.4, -0.2) is 37.2 Å². The first-order valence-electron chi connectivity index (χ1n) is 26.1. The highest BCUT2D eigenvalue weighted by atomic mass is 16.6. The number of esters is 3. The van der Waals surface area contributed by atoms with E-state index in [9.17, 15) is 14.4 Å². The summed E-state index contributed by atoms with van der Waals surface area (Å²) >= 11 is 0. The first-order valence-corrected chi connectivity index (χ1v) is 26.1. The van der Waals surface area contributed by atoms with Crippen LogP contribution in [0.3, 0.4) is 0 Å². The van der Waals surface area contributed by atoms with Crippen LogP contribution in [0.2, 0.25) is 0 Å². The molecule has 0 bridgehead atoms. The number of ether oxygens (including phenoxy) is 3. The molecule has 0 aromatic rings. The van der Waals surface area contributed by atoms with Gasteiger partial charge < -0.3 is 14.2 Å². The molecule has 0 amide bonds. The molecule has 0 N–H and O–H groups in total. The monoisotopic (exact) mass is 835 g/mol. The molecule has 0 radical (unpaired) electrons. The number of hydrogen-bond acceptors (Lipinski definition) is 6. The Morgan fingerprint density at radius 3 is 0.729 bits per heavy atom. The van der Waals surface area contributed by atoms with Crippen LogP contribution in [0.1, 0.15) is 286 Å². The lowest BCUT2D eigenvalue weighted by atomic mass is 10.0. The van der Waals surface area contributed by atoms with Gasteiger partial charge in [-0.05, 0) is 37.0 Å². The van der Waals surface area contributed by atoms with Crippen molar-refractivity contribution in [2.75, 3.05) is 13.2 Å². The van der Waals surface area contributed by atoms with E-state index >= 15 is 0 Å². The molecule has 6 heteroatoms. The molecule has 0 saturated carbocycles. The van der Waals surface area contributed by atoms with Crippen LogP contribution in [0.25, 0.3) is 0 Å². The molecule has 1 atom stereocenters. The van der Waals surface area contributed by atoms with Crippen LogP contribution < -0.4 is 0 Å². The van der Waals surface area contributed by atoms with Gasteiger partial charge in [0.25, 0.3) is 0 Å². The lowest BCUT2D eigenvalue weighted by Crippen LogP contribution is -2.30. The molecule has 0 fully saturated rings. The molecule has 0 saturated heterocycles. The van der Waals surface area contributed by atoms with Gasteiger partial charge in [0.15, 0.2) is 6.10 Å². The zero-order chi connectivity index (χ0) is 43.4. The number of unbranched alkanes of at least 4 members (excludes halogenated alkanes) is 29. The van der Waals surface area contributed by atoms with Gasteiger partial charge in [-0.2, -0.15) is 0 Å². The standard InChI is InChI=1S/C53H102O6/c1-47(2)39-33-27-21-15-11-8-7-9-13-17-24-30-36-42-51(54)57-45-50(59-53(56)44-38-32-26-20-19-23-29-35-41-49(5)6)46-58-52(55)43-37-31-25-18-14-10-12-16-22-28-34-40-48(3)4/h47-50H,7-46H2,1-6H3/t50-/m1/s1. The van der Waals surface area contributed by atoms with Crippen molar-refractivity contribution >= 4 is 17.9 Å². The highest BCUT2D eigenvalue weighted by molar-refractivity contribution is 5.71. The van der Waals surface area contributed by atoms with Crippen LogP contribution in [0.4, 0.5) is 0 Å². The number of hydrogen-bond donors (Lipinski definition) is 0. The molecular formula is C53H102O6. The fraction of sp³-hybridized carbons (Fsp3) is 0.943. The first-order chi connectivity index (χ1) is 28.6. The van der Waals surface area contributed by atoms with E-state index in [-0.39, 0.29) is 31.1 Å². The van der Waals surface area contributed by atoms with E-state index in [1.54, 1.807) is 0 Å². The third-order valence-electron chi connectivity index (χ3n) is 11.9. The summed E-state index contributed by atoms with van der Waals surface area (Å²) in [4.78, 5) is 37.9. The molecule has 0 aromatic carbocycles. The fourth-order valence-corrected chi connectivity index (χ4v) is 7.94. The highest BCUT2D eigenvalue weighted by Crippen LogP contribution is 2.18. The minimum atomic E-state index is -0.763. The Morgan fingerprint density at radius 1 is 0.288 bits per heavy atom. The van der Waals surface area contributed by atoms with Crippen molar-refractivity contribution in [2.45, 2.75) is 292 Å². The molecule has 0 heterocycles. The van der Waals surface area contributed by atoms with Gasteiger partial charge in [0, 0.05) is 19.3 Å². The molecule has 0 rings (SSSR count). The molecule has 0 unspecified atom stereocenters. The second kappa shape index (κ2) is 44.5. The topological polar surface area (TPSA) is 78.9 Å². The quantitative estimate of drug-likeness (QED) is 0.0345. The molecule has 59 heavy (non-hydrogen) atoms. The van der Waals surface area contributed by atoms with Gasteiger partial charge in [0.2, 0.25) is 0 Å². The first kappa shape index (κ1) is 57.4. The summed E-state index contributed by atoms with van der Waals surface area (Å²) in [5.41, 5.74) is 0. The molecule has 0 aliphatic heterocycles. The third kappa shape index (κ3) is 47.3. The summed E-state index contributed by atoms with van der Waals surface area (Å²) < 4.78 is 16.8. The van der Waals surface area contributed by atoms with Crippen molar-refractivity contribution in [2.24, 2.45) is 17.8 Å². The summed E-state index contributed by atoms with van der Waals surface area (Å²) in [7, 11) is 0. The van der Waals surface area contributed by atoms with E-state index in [1.165, 1.54) is 167 Å². The molecule has 0 spiro atoms. The van der Waals surface area contributed by atoms with Crippen molar-refractivity contribution in [3.63, 3.8) is 0 Å². The van der Waals surface area contributed by atoms with Crippen molar-refractivity contribution < 1.29 is 28.6 Å². The van der Waals surface area contributed by atoms with E-state index < -0.39 is 6.10 Å². The summed E-state index contributed by atoms with van der Waals surface area (Å²) in [6, 6.07) is 0. The van der Waals surface area contributed by atoms with Gasteiger partial charge in [-0.3, -0.25) is 14.4 Å². The smallest absolute Gasteiger partial charge is 0.306 e. The van der Waals surface area contributed by atoms with Crippen molar-refractivity contribution in [3.8, 4) is 0 Å². The largest absolute Gasteiger partial charge is 0.462 e. The third-order valence-corrected chi connectivity index (χ3v) is 11.9. The zero-order valence-electron chi connectivity index (χ0n) is 40.5. The van der Waals surface area contributed by atoms with Crippen LogP contribution in [0.15, 0.2) is 0 Å². The van der Waals surface area contributed by atoms with E-state index in [4.69, 9.17) is 14.2 Å². The minimum absolute atomic E-state index is 0.0649. The van der Waals surface area contributed by atoms with Crippen LogP contribution >= 0.6 is 0 Å². The molecule has 0 aromatic heterocycles. The van der Waals surface area contributed by atoms with Gasteiger partial charge in [-0.15, -0.1) is 0 Å².